The van der Waals surface area contributed by atoms with E-state index in [9.17, 15) is 9.59 Å². The molecule has 0 saturated carbocycles. The van der Waals surface area contributed by atoms with E-state index in [0.29, 0.717) is 5.69 Å². The molecule has 6 heteroatoms. The largest absolute Gasteiger partial charge is 0.455 e. The number of carbonyl (C=O) groups is 2. The summed E-state index contributed by atoms with van der Waals surface area (Å²) in [6, 6.07) is 9.73. The number of amides is 1. The number of benzene rings is 1. The van der Waals surface area contributed by atoms with Gasteiger partial charge in [-0.15, -0.1) is 11.3 Å². The Morgan fingerprint density at radius 2 is 2.04 bits per heavy atom. The molecule has 0 bridgehead atoms. The van der Waals surface area contributed by atoms with Crippen LogP contribution in [0.5, 0.6) is 0 Å². The number of thiazole rings is 1. The summed E-state index contributed by atoms with van der Waals surface area (Å²) in [5, 5.41) is 5.65. The highest BCUT2D eigenvalue weighted by atomic mass is 32.1. The maximum Gasteiger partial charge on any atom is 0.312 e. The van der Waals surface area contributed by atoms with Gasteiger partial charge in [0.05, 0.1) is 23.2 Å². The van der Waals surface area contributed by atoms with Crippen molar-refractivity contribution in [3.8, 4) is 0 Å². The minimum absolute atomic E-state index is 0.0661. The van der Waals surface area contributed by atoms with E-state index < -0.39 is 5.97 Å². The van der Waals surface area contributed by atoms with E-state index in [0.717, 1.165) is 23.4 Å². The fourth-order valence-corrected chi connectivity index (χ4v) is 2.98. The lowest BCUT2D eigenvalue weighted by Gasteiger charge is -2.18. The van der Waals surface area contributed by atoms with Crippen molar-refractivity contribution in [3.05, 3.63) is 52.0 Å². The van der Waals surface area contributed by atoms with Crippen molar-refractivity contribution in [1.29, 1.82) is 0 Å². The molecule has 0 radical (unpaired) electrons. The predicted octanol–water partition coefficient (Wildman–Crippen LogP) is 3.19. The summed E-state index contributed by atoms with van der Waals surface area (Å²) < 4.78 is 5.05. The van der Waals surface area contributed by atoms with Crippen molar-refractivity contribution in [2.75, 3.05) is 6.61 Å². The van der Waals surface area contributed by atoms with Gasteiger partial charge in [-0.25, -0.2) is 4.98 Å². The number of carbonyl (C=O) groups excluding carboxylic acids is 2. The van der Waals surface area contributed by atoms with Crippen LogP contribution in [-0.4, -0.2) is 23.5 Å². The molecular formula is C18H22N2O3S. The number of esters is 1. The van der Waals surface area contributed by atoms with Crippen molar-refractivity contribution in [2.45, 2.75) is 39.2 Å². The third kappa shape index (κ3) is 5.77. The van der Waals surface area contributed by atoms with Gasteiger partial charge in [0.25, 0.3) is 5.91 Å². The molecule has 0 unspecified atom stereocenters. The number of nitrogens with zero attached hydrogens (tertiary/aromatic N) is 1. The second-order valence-corrected chi connectivity index (χ2v) is 6.58. The molecule has 1 N–H and O–H groups in total. The fraction of sp³-hybridized carbons (Fsp3) is 0.389. The Balaban J connectivity index is 1.81. The molecule has 1 atom stereocenters. The van der Waals surface area contributed by atoms with Crippen molar-refractivity contribution in [2.24, 2.45) is 0 Å². The highest BCUT2D eigenvalue weighted by Gasteiger charge is 2.15. The first-order valence-corrected chi connectivity index (χ1v) is 8.87. The average molecular weight is 346 g/mol. The Bertz CT molecular complexity index is 670. The van der Waals surface area contributed by atoms with E-state index in [2.05, 4.69) is 17.2 Å². The summed E-state index contributed by atoms with van der Waals surface area (Å²) in [7, 11) is 0. The zero-order chi connectivity index (χ0) is 17.4. The molecule has 0 aliphatic carbocycles. The minimum Gasteiger partial charge on any atom is -0.455 e. The molecule has 0 fully saturated rings. The summed E-state index contributed by atoms with van der Waals surface area (Å²) in [5.74, 6) is -0.734. The Hall–Kier alpha value is -2.21. The second-order valence-electron chi connectivity index (χ2n) is 5.51. The number of ether oxygens (including phenoxy) is 1. The number of aromatic nitrogens is 1. The Kier molecular flexibility index (Phi) is 6.93. The molecule has 1 aromatic heterocycles. The Morgan fingerprint density at radius 3 is 2.67 bits per heavy atom. The van der Waals surface area contributed by atoms with E-state index in [4.69, 9.17) is 4.74 Å². The molecule has 1 heterocycles. The van der Waals surface area contributed by atoms with Crippen LogP contribution in [0.15, 0.2) is 35.7 Å². The molecule has 2 rings (SSSR count). The third-order valence-corrected chi connectivity index (χ3v) is 4.29. The lowest BCUT2D eigenvalue weighted by molar-refractivity contribution is -0.148. The van der Waals surface area contributed by atoms with Gasteiger partial charge in [-0.2, -0.15) is 0 Å². The van der Waals surface area contributed by atoms with Crippen LogP contribution in [0.3, 0.4) is 0 Å². The summed E-state index contributed by atoms with van der Waals surface area (Å²) in [6.45, 7) is 3.68. The zero-order valence-corrected chi connectivity index (χ0v) is 14.8. The topological polar surface area (TPSA) is 68.3 Å². The van der Waals surface area contributed by atoms with Gasteiger partial charge in [0.15, 0.2) is 6.61 Å². The molecule has 1 aromatic carbocycles. The second kappa shape index (κ2) is 9.17. The molecule has 0 spiro atoms. The lowest BCUT2D eigenvalue weighted by Crippen LogP contribution is -2.32. The van der Waals surface area contributed by atoms with Gasteiger partial charge in [-0.05, 0) is 18.9 Å². The van der Waals surface area contributed by atoms with E-state index in [-0.39, 0.29) is 25.0 Å². The molecular weight excluding hydrogens is 324 g/mol. The number of hydrogen-bond acceptors (Lipinski definition) is 5. The number of nitrogens with one attached hydrogen (secondary N) is 1. The number of aryl methyl sites for hydroxylation is 1. The molecule has 0 aliphatic rings. The van der Waals surface area contributed by atoms with Crippen LogP contribution in [0.2, 0.25) is 0 Å². The van der Waals surface area contributed by atoms with Crippen LogP contribution in [-0.2, 0) is 20.7 Å². The number of rotatable bonds is 8. The van der Waals surface area contributed by atoms with Gasteiger partial charge in [0.2, 0.25) is 0 Å². The fourth-order valence-electron chi connectivity index (χ4n) is 2.37. The van der Waals surface area contributed by atoms with Crippen molar-refractivity contribution >= 4 is 23.2 Å². The zero-order valence-electron chi connectivity index (χ0n) is 14.0. The van der Waals surface area contributed by atoms with Gasteiger partial charge < -0.3 is 10.1 Å². The normalized spacial score (nSPS) is 11.8. The number of hydrogen-bond donors (Lipinski definition) is 1. The highest BCUT2D eigenvalue weighted by molar-refractivity contribution is 7.09. The van der Waals surface area contributed by atoms with Crippen LogP contribution in [0.1, 0.15) is 42.1 Å². The maximum atomic E-state index is 12.1. The van der Waals surface area contributed by atoms with Gasteiger partial charge >= 0.3 is 5.97 Å². The van der Waals surface area contributed by atoms with Crippen LogP contribution in [0.4, 0.5) is 0 Å². The van der Waals surface area contributed by atoms with Crippen molar-refractivity contribution < 1.29 is 14.3 Å². The summed E-state index contributed by atoms with van der Waals surface area (Å²) in [4.78, 5) is 28.0. The van der Waals surface area contributed by atoms with Gasteiger partial charge in [0.1, 0.15) is 0 Å². The highest BCUT2D eigenvalue weighted by Crippen LogP contribution is 2.17. The predicted molar refractivity (Wildman–Crippen MR) is 93.7 cm³/mol. The smallest absolute Gasteiger partial charge is 0.312 e. The summed E-state index contributed by atoms with van der Waals surface area (Å²) in [5.41, 5.74) is 1.73. The first-order valence-electron chi connectivity index (χ1n) is 7.99. The molecule has 1 amide bonds. The maximum absolute atomic E-state index is 12.1. The van der Waals surface area contributed by atoms with Crippen molar-refractivity contribution in [3.63, 3.8) is 0 Å². The quantitative estimate of drug-likeness (QED) is 0.745. The Labute approximate surface area is 146 Å². The van der Waals surface area contributed by atoms with Crippen molar-refractivity contribution in [1.82, 2.24) is 10.3 Å². The molecule has 0 saturated heterocycles. The molecule has 2 aromatic rings. The van der Waals surface area contributed by atoms with Gasteiger partial charge in [0, 0.05) is 5.38 Å². The molecule has 5 nitrogen and oxygen atoms in total. The minimum atomic E-state index is -0.442. The first-order chi connectivity index (χ1) is 11.6. The molecule has 128 valence electrons. The van der Waals surface area contributed by atoms with Crippen LogP contribution >= 0.6 is 11.3 Å². The standard InChI is InChI=1S/C18H22N2O3S/c1-3-7-16(14-8-5-4-6-9-14)20-17(21)11-23-18(22)10-15-12-24-13(2)19-15/h4-6,8-9,12,16H,3,7,10-11H2,1-2H3,(H,20,21)/t16-/m0/s1. The van der Waals surface area contributed by atoms with E-state index in [1.54, 1.807) is 0 Å². The first kappa shape index (κ1) is 18.1. The third-order valence-electron chi connectivity index (χ3n) is 3.47. The monoisotopic (exact) mass is 346 g/mol. The van der Waals surface area contributed by atoms with Gasteiger partial charge in [-0.1, -0.05) is 43.7 Å². The van der Waals surface area contributed by atoms with Crippen LogP contribution in [0.25, 0.3) is 0 Å². The molecule has 0 aliphatic heterocycles. The summed E-state index contributed by atoms with van der Waals surface area (Å²) in [6.07, 6.45) is 1.87. The van der Waals surface area contributed by atoms with Crippen LogP contribution in [0, 0.1) is 6.92 Å². The molecule has 24 heavy (non-hydrogen) atoms. The lowest BCUT2D eigenvalue weighted by atomic mass is 10.0. The summed E-state index contributed by atoms with van der Waals surface area (Å²) >= 11 is 1.48. The average Bonchev–Trinajstić information content (AvgIpc) is 2.98. The Morgan fingerprint density at radius 1 is 1.29 bits per heavy atom. The van der Waals surface area contributed by atoms with Gasteiger partial charge in [-0.3, -0.25) is 9.59 Å². The van der Waals surface area contributed by atoms with E-state index >= 15 is 0 Å². The van der Waals surface area contributed by atoms with Crippen LogP contribution < -0.4 is 5.32 Å². The van der Waals surface area contributed by atoms with E-state index in [1.807, 2.05) is 42.6 Å². The SMILES string of the molecule is CCC[C@H](NC(=O)COC(=O)Cc1csc(C)n1)c1ccccc1. The van der Waals surface area contributed by atoms with E-state index in [1.165, 1.54) is 11.3 Å².